The average Bonchev–Trinajstić information content (AvgIpc) is 1.64. The van der Waals surface area contributed by atoms with Crippen LogP contribution in [0.3, 0.4) is 0 Å². The summed E-state index contributed by atoms with van der Waals surface area (Å²) in [6.07, 6.45) is 0. The molecule has 0 bridgehead atoms. The van der Waals surface area contributed by atoms with Crippen LogP contribution in [0.4, 0.5) is 0 Å². The van der Waals surface area contributed by atoms with Gasteiger partial charge in [0, 0.05) is 9.82 Å². The lowest BCUT2D eigenvalue weighted by atomic mass is 10.3. The van der Waals surface area contributed by atoms with Crippen molar-refractivity contribution in [2.75, 3.05) is 0 Å². The van der Waals surface area contributed by atoms with Crippen molar-refractivity contribution in [3.8, 4) is 0 Å². The SMILES string of the molecule is CC(C)(N=[N+]=[N-])N=[N+]=[N-]. The van der Waals surface area contributed by atoms with Crippen LogP contribution in [-0.2, 0) is 0 Å². The quantitative estimate of drug-likeness (QED) is 0.308. The molecule has 0 aliphatic heterocycles. The van der Waals surface area contributed by atoms with Crippen molar-refractivity contribution in [2.45, 2.75) is 19.5 Å². The summed E-state index contributed by atoms with van der Waals surface area (Å²) in [6.45, 7) is 3.04. The van der Waals surface area contributed by atoms with Gasteiger partial charge in [0.1, 0.15) is 5.66 Å². The van der Waals surface area contributed by atoms with E-state index in [2.05, 4.69) is 20.1 Å². The van der Waals surface area contributed by atoms with Crippen LogP contribution >= 0.6 is 0 Å². The standard InChI is InChI=1S/C3H6N6/c1-3(2,6-8-4)7-9-5/h1-2H3. The summed E-state index contributed by atoms with van der Waals surface area (Å²) >= 11 is 0. The minimum atomic E-state index is -0.983. The van der Waals surface area contributed by atoms with E-state index in [9.17, 15) is 0 Å². The summed E-state index contributed by atoms with van der Waals surface area (Å²) in [5, 5.41) is 6.41. The summed E-state index contributed by atoms with van der Waals surface area (Å²) in [5.41, 5.74) is 14.8. The molecule has 0 saturated heterocycles. The molecule has 0 heterocycles. The zero-order chi connectivity index (χ0) is 7.33. The van der Waals surface area contributed by atoms with Crippen LogP contribution in [-0.4, -0.2) is 5.66 Å². The van der Waals surface area contributed by atoms with E-state index in [0.717, 1.165) is 0 Å². The molecule has 0 aromatic carbocycles. The first-order chi connectivity index (χ1) is 4.12. The second-order valence-corrected chi connectivity index (χ2v) is 1.87. The van der Waals surface area contributed by atoms with Crippen molar-refractivity contribution < 1.29 is 0 Å². The van der Waals surface area contributed by atoms with E-state index in [0.29, 0.717) is 0 Å². The van der Waals surface area contributed by atoms with Crippen LogP contribution in [0.2, 0.25) is 0 Å². The maximum absolute atomic E-state index is 7.90. The fraction of sp³-hybridized carbons (Fsp3) is 1.00. The minimum absolute atomic E-state index is 0.983. The number of hydrogen-bond donors (Lipinski definition) is 0. The molecule has 0 fully saturated rings. The molecule has 0 radical (unpaired) electrons. The van der Waals surface area contributed by atoms with Crippen LogP contribution in [0.1, 0.15) is 13.8 Å². The van der Waals surface area contributed by atoms with Gasteiger partial charge in [0.25, 0.3) is 0 Å². The zero-order valence-corrected chi connectivity index (χ0v) is 5.18. The van der Waals surface area contributed by atoms with Gasteiger partial charge in [-0.05, 0) is 24.9 Å². The fourth-order valence-corrected chi connectivity index (χ4v) is 0.239. The molecule has 0 aliphatic carbocycles. The third kappa shape index (κ3) is 3.22. The van der Waals surface area contributed by atoms with Gasteiger partial charge in [-0.3, -0.25) is 0 Å². The van der Waals surface area contributed by atoms with Gasteiger partial charge in [-0.15, -0.1) is 0 Å². The lowest BCUT2D eigenvalue weighted by Gasteiger charge is -2.05. The van der Waals surface area contributed by atoms with E-state index >= 15 is 0 Å². The predicted octanol–water partition coefficient (Wildman–Crippen LogP) is 2.34. The van der Waals surface area contributed by atoms with Gasteiger partial charge in [-0.1, -0.05) is 10.2 Å². The third-order valence-electron chi connectivity index (χ3n) is 0.579. The summed E-state index contributed by atoms with van der Waals surface area (Å²) in [4.78, 5) is 4.97. The van der Waals surface area contributed by atoms with Gasteiger partial charge in [-0.25, -0.2) is 0 Å². The van der Waals surface area contributed by atoms with Gasteiger partial charge in [-0.2, -0.15) is 0 Å². The first kappa shape index (κ1) is 7.62. The molecule has 0 aromatic rings. The maximum Gasteiger partial charge on any atom is 0.121 e. The minimum Gasteiger partial charge on any atom is -0.0818 e. The Morgan fingerprint density at radius 3 is 1.67 bits per heavy atom. The Kier molecular flexibility index (Phi) is 2.38. The molecule has 6 heteroatoms. The van der Waals surface area contributed by atoms with Gasteiger partial charge in [0.15, 0.2) is 0 Å². The van der Waals surface area contributed by atoms with Crippen LogP contribution in [0.15, 0.2) is 10.2 Å². The number of rotatable bonds is 2. The van der Waals surface area contributed by atoms with E-state index in [1.54, 1.807) is 0 Å². The molecule has 6 nitrogen and oxygen atoms in total. The lowest BCUT2D eigenvalue weighted by Crippen LogP contribution is -2.08. The van der Waals surface area contributed by atoms with E-state index in [4.69, 9.17) is 11.1 Å². The predicted molar refractivity (Wildman–Crippen MR) is 32.4 cm³/mol. The Morgan fingerprint density at radius 2 is 1.44 bits per heavy atom. The molecule has 0 N–H and O–H groups in total. The molecule has 0 saturated carbocycles. The van der Waals surface area contributed by atoms with Crippen LogP contribution < -0.4 is 0 Å². The highest BCUT2D eigenvalue weighted by Gasteiger charge is 2.10. The number of hydrogen-bond acceptors (Lipinski definition) is 2. The van der Waals surface area contributed by atoms with Gasteiger partial charge in [0.05, 0.1) is 0 Å². The molecule has 0 atom stereocenters. The van der Waals surface area contributed by atoms with Crippen molar-refractivity contribution in [1.82, 2.24) is 0 Å². The molecule has 0 rings (SSSR count). The van der Waals surface area contributed by atoms with Crippen molar-refractivity contribution in [2.24, 2.45) is 10.2 Å². The Hall–Kier alpha value is -1.38. The van der Waals surface area contributed by atoms with Crippen molar-refractivity contribution >= 4 is 0 Å². The van der Waals surface area contributed by atoms with Crippen LogP contribution in [0.5, 0.6) is 0 Å². The van der Waals surface area contributed by atoms with Gasteiger partial charge >= 0.3 is 0 Å². The van der Waals surface area contributed by atoms with Gasteiger partial charge < -0.3 is 0 Å². The van der Waals surface area contributed by atoms with Crippen molar-refractivity contribution in [3.63, 3.8) is 0 Å². The van der Waals surface area contributed by atoms with Crippen LogP contribution in [0, 0.1) is 0 Å². The molecule has 9 heavy (non-hydrogen) atoms. The first-order valence-corrected chi connectivity index (χ1v) is 2.25. The van der Waals surface area contributed by atoms with Crippen molar-refractivity contribution in [3.05, 3.63) is 20.9 Å². The second-order valence-electron chi connectivity index (χ2n) is 1.87. The molecule has 0 spiro atoms. The molecule has 48 valence electrons. The first-order valence-electron chi connectivity index (χ1n) is 2.25. The zero-order valence-electron chi connectivity index (χ0n) is 5.18. The lowest BCUT2D eigenvalue weighted by molar-refractivity contribution is 0.539. The summed E-state index contributed by atoms with van der Waals surface area (Å²) < 4.78 is 0. The smallest absolute Gasteiger partial charge is 0.0818 e. The second kappa shape index (κ2) is 2.81. The third-order valence-corrected chi connectivity index (χ3v) is 0.579. The maximum atomic E-state index is 7.90. The normalized spacial score (nSPS) is 9.11. The Balaban J connectivity index is 4.36. The summed E-state index contributed by atoms with van der Waals surface area (Å²) in [6, 6.07) is 0. The fourth-order valence-electron chi connectivity index (χ4n) is 0.239. The number of azide groups is 1. The Morgan fingerprint density at radius 1 is 1.11 bits per heavy atom. The molecule has 0 unspecified atom stereocenters. The van der Waals surface area contributed by atoms with Crippen molar-refractivity contribution in [1.29, 1.82) is 0 Å². The summed E-state index contributed by atoms with van der Waals surface area (Å²) in [7, 11) is 0. The highest BCUT2D eigenvalue weighted by atomic mass is 15.3. The Bertz CT molecular complexity index is 160. The molecular formula is C3H6N6. The molecule has 0 amide bonds. The molecule has 0 aliphatic rings. The van der Waals surface area contributed by atoms with E-state index in [1.165, 1.54) is 13.8 Å². The topological polar surface area (TPSA) is 97.5 Å². The summed E-state index contributed by atoms with van der Waals surface area (Å²) in [5.74, 6) is 0. The van der Waals surface area contributed by atoms with E-state index in [1.807, 2.05) is 0 Å². The van der Waals surface area contributed by atoms with E-state index in [-0.39, 0.29) is 0 Å². The largest absolute Gasteiger partial charge is 0.121 e. The van der Waals surface area contributed by atoms with Crippen LogP contribution in [0.25, 0.3) is 20.9 Å². The number of nitrogens with zero attached hydrogens (tertiary/aromatic N) is 6. The highest BCUT2D eigenvalue weighted by molar-refractivity contribution is 4.74. The highest BCUT2D eigenvalue weighted by Crippen LogP contribution is 2.09. The van der Waals surface area contributed by atoms with Gasteiger partial charge in [0.2, 0.25) is 0 Å². The molecule has 0 aromatic heterocycles. The average molecular weight is 126 g/mol. The molecular weight excluding hydrogens is 120 g/mol. The Labute approximate surface area is 51.7 Å². The van der Waals surface area contributed by atoms with E-state index < -0.39 is 5.66 Å². The monoisotopic (exact) mass is 126 g/mol.